The number of nitriles is 1. The molecule has 0 N–H and O–H groups in total. The largest absolute Gasteiger partial charge is 0.373 e. The van der Waals surface area contributed by atoms with Gasteiger partial charge in [-0.25, -0.2) is 4.98 Å². The first-order valence-corrected chi connectivity index (χ1v) is 8.67. The van der Waals surface area contributed by atoms with Gasteiger partial charge in [0.05, 0.1) is 0 Å². The van der Waals surface area contributed by atoms with Gasteiger partial charge in [-0.1, -0.05) is 6.07 Å². The van der Waals surface area contributed by atoms with Gasteiger partial charge in [0, 0.05) is 64.8 Å². The van der Waals surface area contributed by atoms with E-state index in [4.69, 9.17) is 0 Å². The zero-order valence-electron chi connectivity index (χ0n) is 14.6. The van der Waals surface area contributed by atoms with Crippen molar-refractivity contribution >= 4 is 11.7 Å². The van der Waals surface area contributed by atoms with Crippen LogP contribution in [0.15, 0.2) is 36.2 Å². The third kappa shape index (κ3) is 4.28. The molecule has 1 aromatic heterocycles. The number of carbonyl (C=O) groups is 1. The maximum Gasteiger partial charge on any atom is 0.266 e. The van der Waals surface area contributed by atoms with Crippen molar-refractivity contribution in [3.63, 3.8) is 0 Å². The molecule has 2 aliphatic heterocycles. The molecule has 3 heterocycles. The summed E-state index contributed by atoms with van der Waals surface area (Å²) in [5.41, 5.74) is 0.232. The minimum absolute atomic E-state index is 0.150. The third-order valence-corrected chi connectivity index (χ3v) is 4.74. The molecule has 2 fully saturated rings. The Bertz CT molecular complexity index is 652. The number of amides is 1. The van der Waals surface area contributed by atoms with Crippen LogP contribution in [0, 0.1) is 11.3 Å². The van der Waals surface area contributed by atoms with Crippen molar-refractivity contribution in [2.24, 2.45) is 0 Å². The Labute approximate surface area is 148 Å². The van der Waals surface area contributed by atoms with Gasteiger partial charge in [0.25, 0.3) is 5.91 Å². The number of nitrogens with zero attached hydrogens (tertiary/aromatic N) is 6. The first kappa shape index (κ1) is 17.2. The summed E-state index contributed by atoms with van der Waals surface area (Å²) in [6.45, 7) is 6.28. The van der Waals surface area contributed by atoms with Gasteiger partial charge in [-0.3, -0.25) is 4.79 Å². The van der Waals surface area contributed by atoms with Gasteiger partial charge in [-0.2, -0.15) is 5.26 Å². The second kappa shape index (κ2) is 7.99. The molecule has 0 aromatic carbocycles. The molecule has 0 bridgehead atoms. The molecule has 7 heteroatoms. The molecular weight excluding hydrogens is 316 g/mol. The number of piperazine rings is 2. The lowest BCUT2D eigenvalue weighted by molar-refractivity contribution is -0.128. The van der Waals surface area contributed by atoms with E-state index in [2.05, 4.69) is 25.8 Å². The van der Waals surface area contributed by atoms with E-state index in [1.807, 2.05) is 25.2 Å². The SMILES string of the molecule is CN1CCN(C(=O)/C(C#N)=C\N2CCN(c3ccccn3)CC2)CC1. The van der Waals surface area contributed by atoms with Crippen molar-refractivity contribution in [3.8, 4) is 6.07 Å². The highest BCUT2D eigenvalue weighted by molar-refractivity contribution is 5.97. The average Bonchev–Trinajstić information content (AvgIpc) is 2.67. The number of carbonyl (C=O) groups excluding carboxylic acids is 1. The van der Waals surface area contributed by atoms with E-state index < -0.39 is 0 Å². The lowest BCUT2D eigenvalue weighted by Crippen LogP contribution is -2.48. The van der Waals surface area contributed by atoms with E-state index in [0.717, 1.165) is 45.1 Å². The fourth-order valence-electron chi connectivity index (χ4n) is 3.12. The van der Waals surface area contributed by atoms with Gasteiger partial charge in [0.2, 0.25) is 0 Å². The van der Waals surface area contributed by atoms with Crippen molar-refractivity contribution in [1.29, 1.82) is 5.26 Å². The van der Waals surface area contributed by atoms with Crippen molar-refractivity contribution in [2.75, 3.05) is 64.3 Å². The van der Waals surface area contributed by atoms with Gasteiger partial charge in [-0.15, -0.1) is 0 Å². The van der Waals surface area contributed by atoms with Gasteiger partial charge < -0.3 is 19.6 Å². The van der Waals surface area contributed by atoms with Gasteiger partial charge in [0.15, 0.2) is 0 Å². The third-order valence-electron chi connectivity index (χ3n) is 4.74. The van der Waals surface area contributed by atoms with Crippen LogP contribution in [-0.4, -0.2) is 85.0 Å². The first-order valence-electron chi connectivity index (χ1n) is 8.67. The molecule has 0 saturated carbocycles. The molecule has 0 atom stereocenters. The monoisotopic (exact) mass is 340 g/mol. The normalized spacial score (nSPS) is 19.7. The second-order valence-electron chi connectivity index (χ2n) is 6.46. The number of pyridine rings is 1. The zero-order valence-corrected chi connectivity index (χ0v) is 14.6. The lowest BCUT2D eigenvalue weighted by atomic mass is 10.2. The topological polar surface area (TPSA) is 66.7 Å². The highest BCUT2D eigenvalue weighted by Gasteiger charge is 2.23. The predicted octanol–water partition coefficient (Wildman–Crippen LogP) is 0.385. The van der Waals surface area contributed by atoms with E-state index in [9.17, 15) is 10.1 Å². The molecule has 25 heavy (non-hydrogen) atoms. The molecule has 0 radical (unpaired) electrons. The molecule has 7 nitrogen and oxygen atoms in total. The summed E-state index contributed by atoms with van der Waals surface area (Å²) in [5.74, 6) is 0.822. The smallest absolute Gasteiger partial charge is 0.266 e. The molecule has 2 saturated heterocycles. The Hall–Kier alpha value is -2.59. The Morgan fingerprint density at radius 1 is 1.12 bits per heavy atom. The number of aromatic nitrogens is 1. The molecule has 132 valence electrons. The minimum Gasteiger partial charge on any atom is -0.373 e. The van der Waals surface area contributed by atoms with Crippen LogP contribution < -0.4 is 4.90 Å². The zero-order chi connectivity index (χ0) is 17.6. The van der Waals surface area contributed by atoms with E-state index in [1.165, 1.54) is 0 Å². The van der Waals surface area contributed by atoms with Gasteiger partial charge in [0.1, 0.15) is 17.5 Å². The second-order valence-corrected chi connectivity index (χ2v) is 6.46. The number of anilines is 1. The quantitative estimate of drug-likeness (QED) is 0.586. The minimum atomic E-state index is -0.150. The van der Waals surface area contributed by atoms with Crippen molar-refractivity contribution in [1.82, 2.24) is 19.7 Å². The Balaban J connectivity index is 1.58. The molecule has 2 aliphatic rings. The summed E-state index contributed by atoms with van der Waals surface area (Å²) >= 11 is 0. The highest BCUT2D eigenvalue weighted by Crippen LogP contribution is 2.14. The standard InChI is InChI=1S/C18H24N6O/c1-21-6-10-24(11-7-21)18(25)16(14-19)15-22-8-12-23(13-9-22)17-4-2-3-5-20-17/h2-5,15H,6-13H2,1H3/b16-15-. The Morgan fingerprint density at radius 3 is 2.44 bits per heavy atom. The Kier molecular flexibility index (Phi) is 5.51. The van der Waals surface area contributed by atoms with Crippen LogP contribution in [0.5, 0.6) is 0 Å². The molecule has 0 aliphatic carbocycles. The van der Waals surface area contributed by atoms with E-state index >= 15 is 0 Å². The van der Waals surface area contributed by atoms with Gasteiger partial charge in [-0.05, 0) is 19.2 Å². The Morgan fingerprint density at radius 2 is 1.84 bits per heavy atom. The first-order chi connectivity index (χ1) is 12.2. The summed E-state index contributed by atoms with van der Waals surface area (Å²) in [4.78, 5) is 25.2. The maximum absolute atomic E-state index is 12.6. The predicted molar refractivity (Wildman–Crippen MR) is 95.8 cm³/mol. The summed E-state index contributed by atoms with van der Waals surface area (Å²) in [6.07, 6.45) is 3.53. The van der Waals surface area contributed by atoms with Crippen molar-refractivity contribution in [3.05, 3.63) is 36.2 Å². The summed E-state index contributed by atoms with van der Waals surface area (Å²) in [5, 5.41) is 9.42. The molecular formula is C18H24N6O. The highest BCUT2D eigenvalue weighted by atomic mass is 16.2. The number of hydrogen-bond acceptors (Lipinski definition) is 6. The van der Waals surface area contributed by atoms with E-state index in [0.29, 0.717) is 13.1 Å². The van der Waals surface area contributed by atoms with Crippen molar-refractivity contribution < 1.29 is 4.79 Å². The van der Waals surface area contributed by atoms with Crippen molar-refractivity contribution in [2.45, 2.75) is 0 Å². The van der Waals surface area contributed by atoms with Crippen LogP contribution in [0.4, 0.5) is 5.82 Å². The van der Waals surface area contributed by atoms with Crippen LogP contribution in [0.25, 0.3) is 0 Å². The van der Waals surface area contributed by atoms with Crippen LogP contribution >= 0.6 is 0 Å². The molecule has 3 rings (SSSR count). The molecule has 0 unspecified atom stereocenters. The average molecular weight is 340 g/mol. The number of rotatable bonds is 3. The molecule has 1 amide bonds. The lowest BCUT2D eigenvalue weighted by Gasteiger charge is -2.35. The van der Waals surface area contributed by atoms with Crippen LogP contribution in [0.3, 0.4) is 0 Å². The summed E-state index contributed by atoms with van der Waals surface area (Å²) in [7, 11) is 2.05. The summed E-state index contributed by atoms with van der Waals surface area (Å²) < 4.78 is 0. The van der Waals surface area contributed by atoms with E-state index in [1.54, 1.807) is 17.3 Å². The molecule has 0 spiro atoms. The van der Waals surface area contributed by atoms with Crippen LogP contribution in [-0.2, 0) is 4.79 Å². The van der Waals surface area contributed by atoms with E-state index in [-0.39, 0.29) is 11.5 Å². The van der Waals surface area contributed by atoms with Crippen LogP contribution in [0.2, 0.25) is 0 Å². The fraction of sp³-hybridized carbons (Fsp3) is 0.500. The van der Waals surface area contributed by atoms with Crippen LogP contribution in [0.1, 0.15) is 0 Å². The molecule has 1 aromatic rings. The summed E-state index contributed by atoms with van der Waals surface area (Å²) in [6, 6.07) is 7.98. The number of hydrogen-bond donors (Lipinski definition) is 0. The maximum atomic E-state index is 12.6. The number of likely N-dealkylation sites (N-methyl/N-ethyl adjacent to an activating group) is 1. The van der Waals surface area contributed by atoms with Gasteiger partial charge >= 0.3 is 0 Å². The fourth-order valence-corrected chi connectivity index (χ4v) is 3.12.